The highest BCUT2D eigenvalue weighted by Crippen LogP contribution is 2.49. The van der Waals surface area contributed by atoms with Crippen LogP contribution in [0.2, 0.25) is 0 Å². The molecule has 2 aliphatic rings. The first-order valence-corrected chi connectivity index (χ1v) is 4.61. The molecule has 0 bridgehead atoms. The summed E-state index contributed by atoms with van der Waals surface area (Å²) in [6, 6.07) is 2.18. The molecule has 2 fully saturated rings. The molecule has 1 aliphatic heterocycles. The Bertz CT molecular complexity index is 246. The van der Waals surface area contributed by atoms with E-state index in [1.165, 1.54) is 0 Å². The molecule has 2 rings (SSSR count). The van der Waals surface area contributed by atoms with E-state index in [1.54, 1.807) is 0 Å². The summed E-state index contributed by atoms with van der Waals surface area (Å²) in [7, 11) is 0. The van der Waals surface area contributed by atoms with Gasteiger partial charge in [0.2, 0.25) is 0 Å². The van der Waals surface area contributed by atoms with Gasteiger partial charge in [-0.3, -0.25) is 0 Å². The summed E-state index contributed by atoms with van der Waals surface area (Å²) in [5.41, 5.74) is 0. The normalized spacial score (nSPS) is 37.3. The number of hydrogen-bond donors (Lipinski definition) is 0. The Morgan fingerprint density at radius 3 is 2.69 bits per heavy atom. The van der Waals surface area contributed by atoms with Crippen LogP contribution in [0.4, 0.5) is 8.78 Å². The molecule has 2 atom stereocenters. The maximum atomic E-state index is 12.5. The van der Waals surface area contributed by atoms with Gasteiger partial charge in [-0.25, -0.2) is 8.78 Å². The second kappa shape index (κ2) is 2.91. The van der Waals surface area contributed by atoms with E-state index in [4.69, 9.17) is 5.26 Å². The van der Waals surface area contributed by atoms with Gasteiger partial charge in [-0.1, -0.05) is 0 Å². The highest BCUT2D eigenvalue weighted by atomic mass is 19.3. The van der Waals surface area contributed by atoms with Gasteiger partial charge in [0.15, 0.2) is 0 Å². The first-order valence-electron chi connectivity index (χ1n) is 4.61. The second-order valence-electron chi connectivity index (χ2n) is 4.04. The van der Waals surface area contributed by atoms with Gasteiger partial charge in [-0.15, -0.1) is 0 Å². The lowest BCUT2D eigenvalue weighted by Crippen LogP contribution is -2.24. The largest absolute Gasteiger partial charge is 0.301 e. The Kier molecular flexibility index (Phi) is 1.99. The molecule has 2 nitrogen and oxygen atoms in total. The lowest BCUT2D eigenvalue weighted by atomic mass is 10.1. The minimum absolute atomic E-state index is 0.0424. The van der Waals surface area contributed by atoms with Crippen molar-refractivity contribution in [2.24, 2.45) is 11.8 Å². The van der Waals surface area contributed by atoms with E-state index in [1.807, 2.05) is 4.90 Å². The zero-order valence-electron chi connectivity index (χ0n) is 7.34. The molecular formula is C9H12F2N2. The van der Waals surface area contributed by atoms with Crippen LogP contribution in [0.1, 0.15) is 12.8 Å². The Hall–Kier alpha value is -0.690. The third kappa shape index (κ3) is 1.80. The Balaban J connectivity index is 1.77. The van der Waals surface area contributed by atoms with E-state index >= 15 is 0 Å². The highest BCUT2D eigenvalue weighted by molar-refractivity contribution is 4.99. The molecule has 0 spiro atoms. The van der Waals surface area contributed by atoms with E-state index in [0.29, 0.717) is 13.1 Å². The predicted octanol–water partition coefficient (Wildman–Crippen LogP) is 1.49. The van der Waals surface area contributed by atoms with Gasteiger partial charge in [0.05, 0.1) is 12.0 Å². The number of nitriles is 1. The molecule has 1 heterocycles. The average Bonchev–Trinajstić information content (AvgIpc) is 2.48. The molecule has 1 saturated heterocycles. The van der Waals surface area contributed by atoms with E-state index in [0.717, 1.165) is 13.0 Å². The zero-order chi connectivity index (χ0) is 9.47. The van der Waals surface area contributed by atoms with Crippen molar-refractivity contribution in [3.63, 3.8) is 0 Å². The number of halogens is 2. The van der Waals surface area contributed by atoms with Crippen LogP contribution < -0.4 is 0 Å². The second-order valence-corrected chi connectivity index (χ2v) is 4.04. The van der Waals surface area contributed by atoms with Crippen molar-refractivity contribution in [2.75, 3.05) is 19.6 Å². The molecule has 0 amide bonds. The van der Waals surface area contributed by atoms with Crippen LogP contribution in [0.15, 0.2) is 0 Å². The summed E-state index contributed by atoms with van der Waals surface area (Å²) >= 11 is 0. The predicted molar refractivity (Wildman–Crippen MR) is 43.2 cm³/mol. The lowest BCUT2D eigenvalue weighted by Gasteiger charge is -2.13. The average molecular weight is 186 g/mol. The van der Waals surface area contributed by atoms with Crippen molar-refractivity contribution in [3.8, 4) is 6.07 Å². The maximum absolute atomic E-state index is 12.5. The number of nitrogens with zero attached hydrogens (tertiary/aromatic N) is 2. The summed E-state index contributed by atoms with van der Waals surface area (Å²) in [5, 5.41) is 8.61. The molecule has 72 valence electrons. The highest BCUT2D eigenvalue weighted by Gasteiger charge is 2.57. The molecule has 0 radical (unpaired) electrons. The third-order valence-corrected chi connectivity index (χ3v) is 2.89. The van der Waals surface area contributed by atoms with Gasteiger partial charge in [-0.05, 0) is 13.0 Å². The van der Waals surface area contributed by atoms with Crippen LogP contribution >= 0.6 is 0 Å². The molecular weight excluding hydrogens is 174 g/mol. The molecule has 0 aromatic carbocycles. The number of alkyl halides is 2. The van der Waals surface area contributed by atoms with Crippen LogP contribution in [-0.4, -0.2) is 30.5 Å². The van der Waals surface area contributed by atoms with Crippen LogP contribution in [-0.2, 0) is 0 Å². The van der Waals surface area contributed by atoms with Crippen molar-refractivity contribution in [1.29, 1.82) is 5.26 Å². The van der Waals surface area contributed by atoms with Gasteiger partial charge in [0.25, 0.3) is 5.92 Å². The Morgan fingerprint density at radius 1 is 1.54 bits per heavy atom. The summed E-state index contributed by atoms with van der Waals surface area (Å²) in [6.45, 7) is 1.97. The van der Waals surface area contributed by atoms with Crippen molar-refractivity contribution in [1.82, 2.24) is 4.90 Å². The molecule has 4 heteroatoms. The number of hydrogen-bond acceptors (Lipinski definition) is 2. The van der Waals surface area contributed by atoms with Crippen molar-refractivity contribution < 1.29 is 8.78 Å². The standard InChI is InChI=1S/C9H12F2N2/c10-9(11)3-8(9)6-13-2-1-7(4-12)5-13/h7-8H,1-3,5-6H2. The number of rotatable bonds is 2. The molecule has 0 N–H and O–H groups in total. The fraction of sp³-hybridized carbons (Fsp3) is 0.889. The molecule has 1 aliphatic carbocycles. The van der Waals surface area contributed by atoms with E-state index < -0.39 is 11.8 Å². The van der Waals surface area contributed by atoms with E-state index in [-0.39, 0.29) is 12.3 Å². The van der Waals surface area contributed by atoms with Crippen LogP contribution in [0.5, 0.6) is 0 Å². The first kappa shape index (κ1) is 8.89. The molecule has 13 heavy (non-hydrogen) atoms. The van der Waals surface area contributed by atoms with Crippen LogP contribution in [0, 0.1) is 23.2 Å². The summed E-state index contributed by atoms with van der Waals surface area (Å²) in [6.07, 6.45) is 0.884. The molecule has 1 saturated carbocycles. The van der Waals surface area contributed by atoms with E-state index in [9.17, 15) is 8.78 Å². The minimum Gasteiger partial charge on any atom is -0.301 e. The zero-order valence-corrected chi connectivity index (χ0v) is 7.34. The van der Waals surface area contributed by atoms with Gasteiger partial charge in [0, 0.05) is 25.4 Å². The fourth-order valence-electron chi connectivity index (χ4n) is 1.88. The quantitative estimate of drug-likeness (QED) is 0.653. The SMILES string of the molecule is N#CC1CCN(CC2CC2(F)F)C1. The molecule has 2 unspecified atom stereocenters. The van der Waals surface area contributed by atoms with E-state index in [2.05, 4.69) is 6.07 Å². The summed E-state index contributed by atoms with van der Waals surface area (Å²) in [4.78, 5) is 1.99. The smallest absolute Gasteiger partial charge is 0.252 e. The summed E-state index contributed by atoms with van der Waals surface area (Å²) in [5.74, 6) is -2.79. The summed E-state index contributed by atoms with van der Waals surface area (Å²) < 4.78 is 25.1. The maximum Gasteiger partial charge on any atom is 0.252 e. The molecule has 0 aromatic heterocycles. The monoisotopic (exact) mass is 186 g/mol. The Labute approximate surface area is 76.1 Å². The third-order valence-electron chi connectivity index (χ3n) is 2.89. The Morgan fingerprint density at radius 2 is 2.23 bits per heavy atom. The van der Waals surface area contributed by atoms with Crippen LogP contribution in [0.3, 0.4) is 0 Å². The fourth-order valence-corrected chi connectivity index (χ4v) is 1.88. The van der Waals surface area contributed by atoms with Crippen LogP contribution in [0.25, 0.3) is 0 Å². The van der Waals surface area contributed by atoms with Crippen molar-refractivity contribution in [2.45, 2.75) is 18.8 Å². The van der Waals surface area contributed by atoms with Gasteiger partial charge in [0.1, 0.15) is 0 Å². The van der Waals surface area contributed by atoms with Gasteiger partial charge < -0.3 is 4.90 Å². The minimum atomic E-state index is -2.41. The molecule has 0 aromatic rings. The van der Waals surface area contributed by atoms with Gasteiger partial charge >= 0.3 is 0 Å². The topological polar surface area (TPSA) is 27.0 Å². The first-order chi connectivity index (χ1) is 6.12. The van der Waals surface area contributed by atoms with Crippen molar-refractivity contribution in [3.05, 3.63) is 0 Å². The number of likely N-dealkylation sites (tertiary alicyclic amines) is 1. The van der Waals surface area contributed by atoms with Crippen molar-refractivity contribution >= 4 is 0 Å². The van der Waals surface area contributed by atoms with Gasteiger partial charge in [-0.2, -0.15) is 5.26 Å². The lowest BCUT2D eigenvalue weighted by molar-refractivity contribution is 0.0898.